The van der Waals surface area contributed by atoms with Crippen molar-refractivity contribution in [2.75, 3.05) is 6.61 Å². The van der Waals surface area contributed by atoms with Gasteiger partial charge in [0.1, 0.15) is 23.9 Å². The number of ether oxygens (including phenoxy) is 3. The molecule has 1 amide bonds. The molecule has 0 radical (unpaired) electrons. The molecule has 0 saturated heterocycles. The summed E-state index contributed by atoms with van der Waals surface area (Å²) in [5.74, 6) is -13.7. The molecule has 1 N–H and O–H groups in total. The fourth-order valence-corrected chi connectivity index (χ4v) is 2.26. The van der Waals surface area contributed by atoms with Crippen LogP contribution >= 0.6 is 0 Å². The summed E-state index contributed by atoms with van der Waals surface area (Å²) in [7, 11) is 0. The van der Waals surface area contributed by atoms with Gasteiger partial charge in [0.2, 0.25) is 11.6 Å². The van der Waals surface area contributed by atoms with Gasteiger partial charge < -0.3 is 19.5 Å². The van der Waals surface area contributed by atoms with E-state index in [0.717, 1.165) is 0 Å². The Morgan fingerprint density at radius 2 is 1.36 bits per heavy atom. The quantitative estimate of drug-likeness (QED) is 0.277. The molecule has 0 bridgehead atoms. The zero-order chi connectivity index (χ0) is 25.7. The van der Waals surface area contributed by atoms with Crippen LogP contribution in [0, 0.1) is 23.3 Å². The number of ketones is 1. The highest BCUT2D eigenvalue weighted by Gasteiger charge is 2.32. The number of amides is 1. The first-order valence-corrected chi connectivity index (χ1v) is 9.65. The molecular formula is C21H25F4NO7. The minimum absolute atomic E-state index is 0.0499. The van der Waals surface area contributed by atoms with E-state index in [4.69, 9.17) is 9.47 Å². The molecule has 0 saturated carbocycles. The van der Waals surface area contributed by atoms with E-state index < -0.39 is 82.9 Å². The molecule has 0 heterocycles. The Hall–Kier alpha value is -3.18. The number of carbonyl (C=O) groups is 4. The van der Waals surface area contributed by atoms with Crippen LogP contribution in [-0.2, 0) is 28.7 Å². The predicted octanol–water partition coefficient (Wildman–Crippen LogP) is 2.75. The van der Waals surface area contributed by atoms with Gasteiger partial charge in [0, 0.05) is 6.07 Å². The van der Waals surface area contributed by atoms with E-state index in [1.165, 1.54) is 41.5 Å². The first kappa shape index (κ1) is 27.9. The second-order valence-corrected chi connectivity index (χ2v) is 8.87. The maximum absolute atomic E-state index is 13.7. The summed E-state index contributed by atoms with van der Waals surface area (Å²) in [5, 5.41) is 1.96. The van der Waals surface area contributed by atoms with E-state index in [-0.39, 0.29) is 6.07 Å². The number of Topliss-reactive ketones (excluding diaryl/α,β-unsaturated/α-hetero) is 1. The first-order valence-electron chi connectivity index (χ1n) is 9.65. The standard InChI is InChI=1S/C21H25F4NO7/c1-20(2,3)32-14(28)8-12(26-18(29)19(30)33-21(4,5)6)13(27)9-31-17-15(24)10(22)7-11(23)16(17)25/h7,12H,8-9H2,1-6H3,(H,26,29). The Morgan fingerprint density at radius 1 is 0.879 bits per heavy atom. The van der Waals surface area contributed by atoms with E-state index in [1.807, 2.05) is 5.32 Å². The molecule has 0 spiro atoms. The Labute approximate surface area is 187 Å². The van der Waals surface area contributed by atoms with Crippen LogP contribution in [0.3, 0.4) is 0 Å². The van der Waals surface area contributed by atoms with Crippen molar-refractivity contribution in [1.82, 2.24) is 5.32 Å². The molecule has 33 heavy (non-hydrogen) atoms. The monoisotopic (exact) mass is 479 g/mol. The lowest BCUT2D eigenvalue weighted by Crippen LogP contribution is -2.48. The topological polar surface area (TPSA) is 108 Å². The zero-order valence-electron chi connectivity index (χ0n) is 18.9. The molecular weight excluding hydrogens is 454 g/mol. The molecule has 1 rings (SSSR count). The molecule has 1 aromatic rings. The van der Waals surface area contributed by atoms with Crippen molar-refractivity contribution in [1.29, 1.82) is 0 Å². The average Bonchev–Trinajstić information content (AvgIpc) is 2.62. The van der Waals surface area contributed by atoms with E-state index >= 15 is 0 Å². The van der Waals surface area contributed by atoms with E-state index in [2.05, 4.69) is 4.74 Å². The smallest absolute Gasteiger partial charge is 0.397 e. The van der Waals surface area contributed by atoms with Gasteiger partial charge in [0.15, 0.2) is 23.2 Å². The Kier molecular flexibility index (Phi) is 8.97. The van der Waals surface area contributed by atoms with Gasteiger partial charge >= 0.3 is 17.8 Å². The third-order valence-electron chi connectivity index (χ3n) is 3.50. The lowest BCUT2D eigenvalue weighted by atomic mass is 10.1. The Balaban J connectivity index is 3.05. The molecule has 0 fully saturated rings. The Bertz CT molecular complexity index is 910. The second-order valence-electron chi connectivity index (χ2n) is 8.87. The molecule has 0 aromatic heterocycles. The summed E-state index contributed by atoms with van der Waals surface area (Å²) in [6, 6.07) is -1.80. The van der Waals surface area contributed by atoms with Gasteiger partial charge in [0.05, 0.1) is 6.42 Å². The summed E-state index contributed by atoms with van der Waals surface area (Å²) in [6.45, 7) is 7.85. The third-order valence-corrected chi connectivity index (χ3v) is 3.50. The maximum atomic E-state index is 13.7. The van der Waals surface area contributed by atoms with Crippen molar-refractivity contribution in [2.24, 2.45) is 0 Å². The number of nitrogens with one attached hydrogen (secondary N) is 1. The lowest BCUT2D eigenvalue weighted by Gasteiger charge is -2.23. The van der Waals surface area contributed by atoms with Crippen molar-refractivity contribution >= 4 is 23.6 Å². The predicted molar refractivity (Wildman–Crippen MR) is 105 cm³/mol. The number of halogens is 4. The maximum Gasteiger partial charge on any atom is 0.397 e. The highest BCUT2D eigenvalue weighted by molar-refractivity contribution is 6.33. The van der Waals surface area contributed by atoms with Crippen LogP contribution < -0.4 is 10.1 Å². The number of rotatable bonds is 7. The lowest BCUT2D eigenvalue weighted by molar-refractivity contribution is -0.164. The minimum Gasteiger partial charge on any atom is -0.479 e. The number of hydrogen-bond donors (Lipinski definition) is 1. The highest BCUT2D eigenvalue weighted by Crippen LogP contribution is 2.26. The van der Waals surface area contributed by atoms with Crippen LogP contribution in [0.1, 0.15) is 48.0 Å². The SMILES string of the molecule is CC(C)(C)OC(=O)CC(NC(=O)C(=O)OC(C)(C)C)C(=O)COc1c(F)c(F)cc(F)c1F. The number of hydrogen-bond acceptors (Lipinski definition) is 7. The molecule has 0 aliphatic carbocycles. The summed E-state index contributed by atoms with van der Waals surface area (Å²) in [4.78, 5) is 48.7. The highest BCUT2D eigenvalue weighted by atomic mass is 19.2. The third kappa shape index (κ3) is 9.07. The van der Waals surface area contributed by atoms with Gasteiger partial charge in [-0.2, -0.15) is 8.78 Å². The van der Waals surface area contributed by atoms with Crippen LogP contribution in [-0.4, -0.2) is 47.5 Å². The summed E-state index contributed by atoms with van der Waals surface area (Å²) in [5.41, 5.74) is -2.00. The average molecular weight is 479 g/mol. The molecule has 8 nitrogen and oxygen atoms in total. The van der Waals surface area contributed by atoms with E-state index in [9.17, 15) is 36.7 Å². The molecule has 1 unspecified atom stereocenters. The van der Waals surface area contributed by atoms with Crippen LogP contribution in [0.15, 0.2) is 6.07 Å². The van der Waals surface area contributed by atoms with Crippen molar-refractivity contribution < 1.29 is 51.0 Å². The number of carbonyl (C=O) groups excluding carboxylic acids is 4. The van der Waals surface area contributed by atoms with Gasteiger partial charge in [-0.25, -0.2) is 13.6 Å². The molecule has 1 atom stereocenters. The normalized spacial score (nSPS) is 12.5. The first-order chi connectivity index (χ1) is 14.9. The van der Waals surface area contributed by atoms with Gasteiger partial charge in [-0.3, -0.25) is 14.4 Å². The molecule has 0 aliphatic heterocycles. The fourth-order valence-electron chi connectivity index (χ4n) is 2.26. The van der Waals surface area contributed by atoms with Gasteiger partial charge in [0.25, 0.3) is 0 Å². The van der Waals surface area contributed by atoms with Crippen LogP contribution in [0.2, 0.25) is 0 Å². The van der Waals surface area contributed by atoms with Crippen LogP contribution in [0.5, 0.6) is 5.75 Å². The van der Waals surface area contributed by atoms with Gasteiger partial charge in [-0.15, -0.1) is 0 Å². The summed E-state index contributed by atoms with van der Waals surface area (Å²) >= 11 is 0. The van der Waals surface area contributed by atoms with Crippen molar-refractivity contribution in [3.8, 4) is 5.75 Å². The summed E-state index contributed by atoms with van der Waals surface area (Å²) in [6.07, 6.45) is -0.781. The van der Waals surface area contributed by atoms with Crippen molar-refractivity contribution in [3.63, 3.8) is 0 Å². The van der Waals surface area contributed by atoms with E-state index in [0.29, 0.717) is 0 Å². The second kappa shape index (κ2) is 10.6. The number of esters is 2. The van der Waals surface area contributed by atoms with Gasteiger partial charge in [-0.05, 0) is 41.5 Å². The molecule has 0 aliphatic rings. The van der Waals surface area contributed by atoms with Crippen molar-refractivity contribution in [3.05, 3.63) is 29.3 Å². The minimum atomic E-state index is -1.89. The largest absolute Gasteiger partial charge is 0.479 e. The van der Waals surface area contributed by atoms with Crippen LogP contribution in [0.25, 0.3) is 0 Å². The van der Waals surface area contributed by atoms with Crippen LogP contribution in [0.4, 0.5) is 17.6 Å². The fraction of sp³-hybridized carbons (Fsp3) is 0.524. The zero-order valence-corrected chi connectivity index (χ0v) is 18.9. The Morgan fingerprint density at radius 3 is 1.82 bits per heavy atom. The summed E-state index contributed by atoms with van der Waals surface area (Å²) < 4.78 is 68.6. The van der Waals surface area contributed by atoms with Gasteiger partial charge in [-0.1, -0.05) is 0 Å². The molecule has 1 aromatic carbocycles. The van der Waals surface area contributed by atoms with E-state index in [1.54, 1.807) is 0 Å². The molecule has 184 valence electrons. The molecule has 12 heteroatoms. The van der Waals surface area contributed by atoms with Crippen molar-refractivity contribution in [2.45, 2.75) is 65.2 Å². The number of benzene rings is 1.